The SMILES string of the molecule is CC1(c2cccc(NS(C)(=O)=O)c2)C2CN(CCc3ccc(F)cc3)CC21.CC1(c2cccc(NS(C)(=O)=O)c2)C2CNCC21.Fc1ccc(CCBr)cc1. The van der Waals surface area contributed by atoms with Gasteiger partial charge in [-0.15, -0.1) is 0 Å². The summed E-state index contributed by atoms with van der Waals surface area (Å²) >= 11 is 3.31. The van der Waals surface area contributed by atoms with Gasteiger partial charge < -0.3 is 10.2 Å². The second-order valence-corrected chi connectivity index (χ2v) is 20.1. The van der Waals surface area contributed by atoms with Crippen molar-refractivity contribution in [2.45, 2.75) is 37.5 Å². The van der Waals surface area contributed by atoms with E-state index in [-0.39, 0.29) is 22.5 Å². The van der Waals surface area contributed by atoms with Gasteiger partial charge in [-0.3, -0.25) is 9.44 Å². The Hall–Kier alpha value is -3.36. The zero-order valence-electron chi connectivity index (χ0n) is 31.7. The summed E-state index contributed by atoms with van der Waals surface area (Å²) in [6.45, 7) is 9.83. The zero-order valence-corrected chi connectivity index (χ0v) is 35.0. The first kappa shape index (κ1) is 41.3. The van der Waals surface area contributed by atoms with Crippen molar-refractivity contribution in [3.05, 3.63) is 131 Å². The van der Waals surface area contributed by atoms with Gasteiger partial charge in [-0.25, -0.2) is 25.6 Å². The number of rotatable bonds is 11. The summed E-state index contributed by atoms with van der Waals surface area (Å²) < 4.78 is 75.9. The van der Waals surface area contributed by atoms with E-state index in [9.17, 15) is 25.6 Å². The van der Waals surface area contributed by atoms with Gasteiger partial charge in [0.15, 0.2) is 0 Å². The lowest BCUT2D eigenvalue weighted by Gasteiger charge is -2.24. The molecule has 296 valence electrons. The molecule has 0 spiro atoms. The molecule has 4 aromatic rings. The molecule has 8 nitrogen and oxygen atoms in total. The predicted molar refractivity (Wildman–Crippen MR) is 222 cm³/mol. The van der Waals surface area contributed by atoms with Gasteiger partial charge in [0, 0.05) is 47.2 Å². The second kappa shape index (κ2) is 16.6. The van der Waals surface area contributed by atoms with Crippen LogP contribution in [-0.4, -0.2) is 72.3 Å². The zero-order chi connectivity index (χ0) is 39.6. The van der Waals surface area contributed by atoms with E-state index in [1.54, 1.807) is 24.3 Å². The van der Waals surface area contributed by atoms with Gasteiger partial charge in [-0.2, -0.15) is 0 Å². The highest BCUT2D eigenvalue weighted by Crippen LogP contribution is 2.63. The molecular formula is C42H51BrF2N4O4S2. The smallest absolute Gasteiger partial charge is 0.229 e. The van der Waals surface area contributed by atoms with E-state index in [0.717, 1.165) is 50.9 Å². The fourth-order valence-corrected chi connectivity index (χ4v) is 10.3. The minimum atomic E-state index is -3.26. The highest BCUT2D eigenvalue weighted by Gasteiger charge is 2.65. The topological polar surface area (TPSA) is 108 Å². The van der Waals surface area contributed by atoms with Crippen LogP contribution in [0.2, 0.25) is 0 Å². The second-order valence-electron chi connectivity index (χ2n) is 15.8. The normalized spacial score (nSPS) is 26.4. The molecule has 0 radical (unpaired) electrons. The fourth-order valence-electron chi connectivity index (χ4n) is 8.76. The fraction of sp³-hybridized carbons (Fsp3) is 0.429. The van der Waals surface area contributed by atoms with E-state index in [4.69, 9.17) is 0 Å². The van der Waals surface area contributed by atoms with Gasteiger partial charge in [0.2, 0.25) is 20.0 Å². The van der Waals surface area contributed by atoms with Crippen LogP contribution in [0.1, 0.15) is 36.1 Å². The number of benzene rings is 4. The molecule has 4 aromatic carbocycles. The summed E-state index contributed by atoms with van der Waals surface area (Å²) in [5, 5.41) is 4.32. The van der Waals surface area contributed by atoms with Crippen LogP contribution in [-0.2, 0) is 43.7 Å². The molecule has 2 aliphatic heterocycles. The van der Waals surface area contributed by atoms with Crippen molar-refractivity contribution < 1.29 is 25.6 Å². The number of fused-ring (bicyclic) bond motifs is 2. The predicted octanol–water partition coefficient (Wildman–Crippen LogP) is 7.19. The minimum Gasteiger partial charge on any atom is -0.316 e. The van der Waals surface area contributed by atoms with Crippen molar-refractivity contribution >= 4 is 47.4 Å². The lowest BCUT2D eigenvalue weighted by atomic mass is 9.92. The molecule has 3 N–H and O–H groups in total. The van der Waals surface area contributed by atoms with E-state index in [1.165, 1.54) is 59.0 Å². The van der Waals surface area contributed by atoms with Crippen LogP contribution in [0.4, 0.5) is 20.2 Å². The summed E-state index contributed by atoms with van der Waals surface area (Å²) in [6.07, 6.45) is 4.24. The van der Waals surface area contributed by atoms with E-state index in [0.29, 0.717) is 35.0 Å². The maximum absolute atomic E-state index is 13.0. The highest BCUT2D eigenvalue weighted by atomic mass is 79.9. The van der Waals surface area contributed by atoms with E-state index in [2.05, 4.69) is 61.6 Å². The quantitative estimate of drug-likeness (QED) is 0.138. The number of nitrogens with one attached hydrogen (secondary N) is 3. The first-order valence-electron chi connectivity index (χ1n) is 18.6. The molecule has 2 saturated carbocycles. The third-order valence-corrected chi connectivity index (χ3v) is 13.6. The number of piperidine rings is 2. The molecule has 8 rings (SSSR count). The molecule has 55 heavy (non-hydrogen) atoms. The average molecular weight is 858 g/mol. The first-order valence-corrected chi connectivity index (χ1v) is 23.5. The Bertz CT molecular complexity index is 2150. The number of likely N-dealkylation sites (tertiary alicyclic amines) is 1. The third kappa shape index (κ3) is 10.2. The average Bonchev–Trinajstić information content (AvgIpc) is 3.59. The van der Waals surface area contributed by atoms with Gasteiger partial charge in [-0.05, 0) is 120 Å². The van der Waals surface area contributed by atoms with Crippen LogP contribution in [0.3, 0.4) is 0 Å². The molecule has 13 heteroatoms. The van der Waals surface area contributed by atoms with Crippen LogP contribution in [0.25, 0.3) is 0 Å². The summed E-state index contributed by atoms with van der Waals surface area (Å²) in [7, 11) is -6.46. The number of hydrogen-bond acceptors (Lipinski definition) is 6. The third-order valence-electron chi connectivity index (χ3n) is 12.0. The number of halogens is 3. The van der Waals surface area contributed by atoms with E-state index < -0.39 is 20.0 Å². The lowest BCUT2D eigenvalue weighted by Crippen LogP contribution is -2.30. The Morgan fingerprint density at radius 3 is 1.51 bits per heavy atom. The minimum absolute atomic E-state index is 0.127. The van der Waals surface area contributed by atoms with Crippen LogP contribution in [0.15, 0.2) is 97.1 Å². The Morgan fingerprint density at radius 2 is 1.09 bits per heavy atom. The number of nitrogens with zero attached hydrogens (tertiary/aromatic N) is 1. The van der Waals surface area contributed by atoms with Gasteiger partial charge in [0.1, 0.15) is 11.6 Å². The maximum atomic E-state index is 13.0. The van der Waals surface area contributed by atoms with Crippen LogP contribution in [0.5, 0.6) is 0 Å². The molecule has 4 fully saturated rings. The summed E-state index contributed by atoms with van der Waals surface area (Å²) in [4.78, 5) is 2.49. The molecule has 2 heterocycles. The molecule has 4 unspecified atom stereocenters. The molecule has 2 aliphatic carbocycles. The molecule has 0 amide bonds. The van der Waals surface area contributed by atoms with Gasteiger partial charge >= 0.3 is 0 Å². The summed E-state index contributed by atoms with van der Waals surface area (Å²) in [5.74, 6) is 2.26. The molecular weight excluding hydrogens is 807 g/mol. The van der Waals surface area contributed by atoms with E-state index in [1.807, 2.05) is 36.4 Å². The van der Waals surface area contributed by atoms with Crippen molar-refractivity contribution in [1.29, 1.82) is 0 Å². The standard InChI is InChI=1S/C21H25FN2O2S.C13H18N2O2S.C8H8BrF/c1-21(16-4-3-5-18(12-16)23-27(2,25)26)19-13-24(14-20(19)21)11-10-15-6-8-17(22)9-7-15;1-13(11-7-14-8-12(11)13)9-4-3-5-10(6-9)15-18(2,16)17;9-6-5-7-1-3-8(10)4-2-7/h3-9,12,19-20,23H,10-11,13-14H2,1-2H3;3-6,11-12,14-15H,7-8H2,1-2H3;1-4H,5-6H2. The van der Waals surface area contributed by atoms with Gasteiger partial charge in [-0.1, -0.05) is 78.3 Å². The van der Waals surface area contributed by atoms with Crippen molar-refractivity contribution in [2.75, 3.05) is 60.0 Å². The monoisotopic (exact) mass is 856 g/mol. The number of hydrogen-bond donors (Lipinski definition) is 3. The first-order chi connectivity index (χ1) is 26.0. The number of anilines is 2. The Labute approximate surface area is 333 Å². The Balaban J connectivity index is 0.000000157. The lowest BCUT2D eigenvalue weighted by molar-refractivity contribution is 0.281. The van der Waals surface area contributed by atoms with Crippen LogP contribution < -0.4 is 14.8 Å². The number of alkyl halides is 1. The van der Waals surface area contributed by atoms with Crippen molar-refractivity contribution in [3.8, 4) is 0 Å². The highest BCUT2D eigenvalue weighted by molar-refractivity contribution is 9.09. The molecule has 4 aliphatic rings. The van der Waals surface area contributed by atoms with Crippen LogP contribution >= 0.6 is 15.9 Å². The number of aryl methyl sites for hydroxylation is 1. The van der Waals surface area contributed by atoms with Crippen molar-refractivity contribution in [2.24, 2.45) is 23.7 Å². The summed E-state index contributed by atoms with van der Waals surface area (Å²) in [5.41, 5.74) is 6.43. The van der Waals surface area contributed by atoms with Crippen LogP contribution in [0, 0.1) is 35.3 Å². The Kier molecular flexibility index (Phi) is 12.5. The number of sulfonamides is 2. The van der Waals surface area contributed by atoms with Gasteiger partial charge in [0.05, 0.1) is 12.5 Å². The maximum Gasteiger partial charge on any atom is 0.229 e. The van der Waals surface area contributed by atoms with Gasteiger partial charge in [0.25, 0.3) is 0 Å². The van der Waals surface area contributed by atoms with Crippen molar-refractivity contribution in [3.63, 3.8) is 0 Å². The molecule has 0 aromatic heterocycles. The Morgan fingerprint density at radius 1 is 0.673 bits per heavy atom. The largest absolute Gasteiger partial charge is 0.316 e. The molecule has 4 atom stereocenters. The van der Waals surface area contributed by atoms with E-state index >= 15 is 0 Å². The van der Waals surface area contributed by atoms with Crippen molar-refractivity contribution in [1.82, 2.24) is 10.2 Å². The molecule has 2 saturated heterocycles. The molecule has 0 bridgehead atoms. The summed E-state index contributed by atoms with van der Waals surface area (Å²) in [6, 6.07) is 28.9.